The second-order valence-electron chi connectivity index (χ2n) is 4.92. The topological polar surface area (TPSA) is 79.3 Å². The Bertz CT molecular complexity index is 643. The molecule has 3 rings (SSSR count). The van der Waals surface area contributed by atoms with Gasteiger partial charge in [-0.2, -0.15) is 0 Å². The van der Waals surface area contributed by atoms with Crippen LogP contribution in [0.4, 0.5) is 0 Å². The first-order valence-corrected chi connectivity index (χ1v) is 6.51. The van der Waals surface area contributed by atoms with E-state index in [4.69, 9.17) is 15.8 Å². The van der Waals surface area contributed by atoms with E-state index in [-0.39, 0.29) is 11.9 Å². The summed E-state index contributed by atoms with van der Waals surface area (Å²) < 4.78 is 5.67. The van der Waals surface area contributed by atoms with Crippen LogP contribution in [0.5, 0.6) is 0 Å². The molecule has 0 bridgehead atoms. The molecule has 0 aliphatic carbocycles. The molecule has 0 saturated carbocycles. The van der Waals surface area contributed by atoms with E-state index in [0.717, 1.165) is 23.0 Å². The predicted octanol–water partition coefficient (Wildman–Crippen LogP) is 0.972. The van der Waals surface area contributed by atoms with Gasteiger partial charge in [0.2, 0.25) is 0 Å². The number of hydrogen-bond donors (Lipinski definition) is 3. The van der Waals surface area contributed by atoms with Gasteiger partial charge in [-0.3, -0.25) is 5.41 Å². The minimum Gasteiger partial charge on any atom is -0.423 e. The van der Waals surface area contributed by atoms with E-state index in [1.165, 1.54) is 0 Å². The lowest BCUT2D eigenvalue weighted by Crippen LogP contribution is -2.42. The first-order chi connectivity index (χ1) is 9.65. The van der Waals surface area contributed by atoms with Gasteiger partial charge < -0.3 is 15.4 Å². The molecule has 4 nitrogen and oxygen atoms in total. The molecule has 0 amide bonds. The summed E-state index contributed by atoms with van der Waals surface area (Å²) in [6.45, 7) is 0. The van der Waals surface area contributed by atoms with Crippen molar-refractivity contribution in [2.75, 3.05) is 0 Å². The molecule has 0 spiro atoms. The first-order valence-electron chi connectivity index (χ1n) is 6.51. The third-order valence-electron chi connectivity index (χ3n) is 3.61. The van der Waals surface area contributed by atoms with Crippen molar-refractivity contribution >= 4 is 18.4 Å². The third kappa shape index (κ3) is 2.33. The highest BCUT2D eigenvalue weighted by atomic mass is 16.5. The van der Waals surface area contributed by atoms with Crippen LogP contribution in [0.25, 0.3) is 0 Å². The van der Waals surface area contributed by atoms with Crippen LogP contribution in [-0.4, -0.2) is 18.0 Å². The molecule has 2 aromatic carbocycles. The van der Waals surface area contributed by atoms with Crippen LogP contribution in [0.3, 0.4) is 0 Å². The van der Waals surface area contributed by atoms with Gasteiger partial charge in [0.15, 0.2) is 0 Å². The fraction of sp³-hybridized carbons (Fsp3) is 0.133. The maximum atomic E-state index is 10.1. The number of benzene rings is 2. The monoisotopic (exact) mass is 266 g/mol. The smallest absolute Gasteiger partial charge is 0.423 e. The SMILES string of the molecule is N=C(N)c1ccc(C2Cc3ccccc3B(O)O2)cc1. The van der Waals surface area contributed by atoms with Gasteiger partial charge in [-0.1, -0.05) is 48.5 Å². The van der Waals surface area contributed by atoms with E-state index in [1.54, 1.807) is 12.1 Å². The molecule has 4 N–H and O–H groups in total. The lowest BCUT2D eigenvalue weighted by Gasteiger charge is -2.27. The minimum atomic E-state index is -0.891. The molecule has 1 aliphatic heterocycles. The number of nitrogens with one attached hydrogen (secondary N) is 1. The molecule has 1 unspecified atom stereocenters. The Morgan fingerprint density at radius 1 is 1.20 bits per heavy atom. The van der Waals surface area contributed by atoms with Crippen LogP contribution in [0.15, 0.2) is 48.5 Å². The van der Waals surface area contributed by atoms with Crippen molar-refractivity contribution in [3.05, 3.63) is 65.2 Å². The highest BCUT2D eigenvalue weighted by molar-refractivity contribution is 6.60. The second-order valence-corrected chi connectivity index (χ2v) is 4.92. The molecule has 0 aromatic heterocycles. The summed E-state index contributed by atoms with van der Waals surface area (Å²) in [5.41, 5.74) is 9.04. The molecule has 5 heteroatoms. The maximum absolute atomic E-state index is 10.1. The highest BCUT2D eigenvalue weighted by Gasteiger charge is 2.31. The Balaban J connectivity index is 1.88. The van der Waals surface area contributed by atoms with Gasteiger partial charge in [-0.15, -0.1) is 0 Å². The molecule has 20 heavy (non-hydrogen) atoms. The van der Waals surface area contributed by atoms with Crippen molar-refractivity contribution in [3.8, 4) is 0 Å². The van der Waals surface area contributed by atoms with E-state index in [2.05, 4.69) is 0 Å². The number of nitrogen functional groups attached to an aromatic ring is 1. The predicted molar refractivity (Wildman–Crippen MR) is 79.0 cm³/mol. The Morgan fingerprint density at radius 3 is 2.60 bits per heavy atom. The molecule has 0 radical (unpaired) electrons. The Hall–Kier alpha value is -2.11. The van der Waals surface area contributed by atoms with E-state index >= 15 is 0 Å². The van der Waals surface area contributed by atoms with Crippen molar-refractivity contribution in [3.63, 3.8) is 0 Å². The summed E-state index contributed by atoms with van der Waals surface area (Å²) in [7, 11) is -0.891. The average Bonchev–Trinajstić information content (AvgIpc) is 2.47. The molecule has 1 aliphatic rings. The van der Waals surface area contributed by atoms with E-state index in [1.807, 2.05) is 36.4 Å². The van der Waals surface area contributed by atoms with Crippen molar-refractivity contribution < 1.29 is 9.68 Å². The van der Waals surface area contributed by atoms with Crippen LogP contribution in [0.1, 0.15) is 22.8 Å². The molecular weight excluding hydrogens is 251 g/mol. The Labute approximate surface area is 117 Å². The van der Waals surface area contributed by atoms with Gasteiger partial charge in [0.25, 0.3) is 0 Å². The summed E-state index contributed by atoms with van der Waals surface area (Å²) in [6.07, 6.45) is 0.549. The van der Waals surface area contributed by atoms with Gasteiger partial charge in [0.1, 0.15) is 5.84 Å². The van der Waals surface area contributed by atoms with Crippen LogP contribution < -0.4 is 11.2 Å². The van der Waals surface area contributed by atoms with Gasteiger partial charge in [-0.05, 0) is 16.6 Å². The zero-order valence-corrected chi connectivity index (χ0v) is 10.9. The molecule has 0 fully saturated rings. The minimum absolute atomic E-state index is 0.0477. The van der Waals surface area contributed by atoms with Crippen molar-refractivity contribution in [2.45, 2.75) is 12.5 Å². The van der Waals surface area contributed by atoms with Crippen molar-refractivity contribution in [1.82, 2.24) is 0 Å². The normalized spacial score (nSPS) is 17.6. The van der Waals surface area contributed by atoms with Gasteiger partial charge in [0.05, 0.1) is 6.10 Å². The number of amidine groups is 1. The molecule has 1 atom stereocenters. The van der Waals surface area contributed by atoms with Crippen molar-refractivity contribution in [1.29, 1.82) is 5.41 Å². The Morgan fingerprint density at radius 2 is 1.90 bits per heavy atom. The average molecular weight is 266 g/mol. The van der Waals surface area contributed by atoms with Crippen molar-refractivity contribution in [2.24, 2.45) is 5.73 Å². The summed E-state index contributed by atoms with van der Waals surface area (Å²) in [6, 6.07) is 15.1. The van der Waals surface area contributed by atoms with E-state index in [0.29, 0.717) is 5.56 Å². The highest BCUT2D eigenvalue weighted by Crippen LogP contribution is 2.26. The van der Waals surface area contributed by atoms with Gasteiger partial charge in [0, 0.05) is 12.0 Å². The number of hydrogen-bond acceptors (Lipinski definition) is 3. The molecule has 100 valence electrons. The maximum Gasteiger partial charge on any atom is 0.491 e. The lowest BCUT2D eigenvalue weighted by atomic mass is 9.71. The van der Waals surface area contributed by atoms with Gasteiger partial charge >= 0.3 is 7.12 Å². The second kappa shape index (κ2) is 5.11. The van der Waals surface area contributed by atoms with Crippen LogP contribution in [-0.2, 0) is 11.1 Å². The zero-order valence-electron chi connectivity index (χ0n) is 10.9. The number of rotatable bonds is 2. The Kier molecular flexibility index (Phi) is 3.30. The van der Waals surface area contributed by atoms with E-state index < -0.39 is 7.12 Å². The summed E-state index contributed by atoms with van der Waals surface area (Å²) >= 11 is 0. The summed E-state index contributed by atoms with van der Waals surface area (Å²) in [5.74, 6) is 0.0477. The lowest BCUT2D eigenvalue weighted by molar-refractivity contribution is 0.168. The summed E-state index contributed by atoms with van der Waals surface area (Å²) in [5, 5.41) is 17.4. The molecule has 2 aromatic rings. The molecular formula is C15H15BN2O2. The van der Waals surface area contributed by atoms with E-state index in [9.17, 15) is 5.02 Å². The summed E-state index contributed by atoms with van der Waals surface area (Å²) in [4.78, 5) is 0. The van der Waals surface area contributed by atoms with Crippen LogP contribution >= 0.6 is 0 Å². The first kappa shape index (κ1) is 12.9. The fourth-order valence-corrected chi connectivity index (χ4v) is 2.51. The number of fused-ring (bicyclic) bond motifs is 1. The third-order valence-corrected chi connectivity index (χ3v) is 3.61. The van der Waals surface area contributed by atoms with Gasteiger partial charge in [-0.25, -0.2) is 0 Å². The number of nitrogens with two attached hydrogens (primary N) is 1. The largest absolute Gasteiger partial charge is 0.491 e. The molecule has 0 saturated heterocycles. The van der Waals surface area contributed by atoms with Crippen LogP contribution in [0.2, 0.25) is 0 Å². The molecule has 1 heterocycles. The zero-order chi connectivity index (χ0) is 14.1. The van der Waals surface area contributed by atoms with Crippen LogP contribution in [0, 0.1) is 5.41 Å². The quantitative estimate of drug-likeness (QED) is 0.430. The fourth-order valence-electron chi connectivity index (χ4n) is 2.51. The standard InChI is InChI=1S/C15H15BN2O2/c17-15(18)11-7-5-10(6-8-11)14-9-12-3-1-2-4-13(12)16(19)20-14/h1-8,14,19H,9H2,(H3,17,18).